The van der Waals surface area contributed by atoms with E-state index in [1.165, 1.54) is 5.32 Å². The van der Waals surface area contributed by atoms with Gasteiger partial charge in [0.25, 0.3) is 0 Å². The van der Waals surface area contributed by atoms with E-state index in [4.69, 9.17) is 15.3 Å². The van der Waals surface area contributed by atoms with Gasteiger partial charge in [0.1, 0.15) is 0 Å². The van der Waals surface area contributed by atoms with E-state index in [2.05, 4.69) is 4.18 Å². The second-order valence-electron chi connectivity index (χ2n) is 1.96. The van der Waals surface area contributed by atoms with E-state index in [0.29, 0.717) is 0 Å². The molecule has 0 spiro atoms. The quantitative estimate of drug-likeness (QED) is 0.214. The standard InChI is InChI=1S/C3H9NO3.CH4O4S/c1-4-2-3(5,6)7;1-5-6(2,3)4/h4-7H,2H2,1H3;1H3,(H,2,3,4). The maximum Gasteiger partial charge on any atom is 0.327 e. The fraction of sp³-hybridized carbons (Fsp3) is 1.00. The van der Waals surface area contributed by atoms with Gasteiger partial charge in [-0.15, -0.1) is 0 Å². The Morgan fingerprint density at radius 3 is 1.77 bits per heavy atom. The van der Waals surface area contributed by atoms with Crippen LogP contribution in [0.15, 0.2) is 0 Å². The molecular weight excluding hydrogens is 206 g/mol. The molecule has 0 saturated carbocycles. The molecule has 5 N–H and O–H groups in total. The van der Waals surface area contributed by atoms with Crippen LogP contribution in [0.1, 0.15) is 0 Å². The maximum absolute atomic E-state index is 9.22. The molecule has 0 aliphatic heterocycles. The lowest BCUT2D eigenvalue weighted by molar-refractivity contribution is -0.664. The molecule has 0 aromatic heterocycles. The molecule has 0 amide bonds. The van der Waals surface area contributed by atoms with Gasteiger partial charge in [0, 0.05) is 0 Å². The molecular formula is C4H13NO7S. The number of quaternary nitrogens is 1. The maximum atomic E-state index is 9.22. The summed E-state index contributed by atoms with van der Waals surface area (Å²) in [5.74, 6) is -2.51. The van der Waals surface area contributed by atoms with Crippen molar-refractivity contribution >= 4 is 10.4 Å². The topological polar surface area (TPSA) is 144 Å². The van der Waals surface area contributed by atoms with Crippen LogP contribution in [0.5, 0.6) is 0 Å². The first kappa shape index (κ1) is 15.2. The van der Waals surface area contributed by atoms with Crippen LogP contribution in [0.2, 0.25) is 0 Å². The minimum Gasteiger partial charge on any atom is -0.726 e. The molecule has 0 rings (SSSR count). The van der Waals surface area contributed by atoms with Crippen molar-refractivity contribution < 1.29 is 37.8 Å². The fourth-order valence-electron chi connectivity index (χ4n) is 0.274. The Bertz CT molecular complexity index is 205. The van der Waals surface area contributed by atoms with E-state index >= 15 is 0 Å². The molecule has 0 aromatic carbocycles. The number of hydrogen-bond acceptors (Lipinski definition) is 7. The third-order valence-corrected chi connectivity index (χ3v) is 1.09. The van der Waals surface area contributed by atoms with Crippen LogP contribution in [-0.4, -0.2) is 55.0 Å². The zero-order valence-electron chi connectivity index (χ0n) is 7.17. The predicted octanol–water partition coefficient (Wildman–Crippen LogP) is -4.10. The van der Waals surface area contributed by atoms with Crippen LogP contribution in [0, 0.1) is 0 Å². The van der Waals surface area contributed by atoms with Crippen LogP contribution in [-0.2, 0) is 14.6 Å². The first-order chi connectivity index (χ1) is 5.62. The summed E-state index contributed by atoms with van der Waals surface area (Å²) in [6, 6.07) is 0. The van der Waals surface area contributed by atoms with Crippen LogP contribution < -0.4 is 5.32 Å². The second kappa shape index (κ2) is 6.21. The SMILES string of the molecule is COS(=O)(=O)[O-].C[NH2+]CC(O)(O)O. The van der Waals surface area contributed by atoms with Gasteiger partial charge in [-0.25, -0.2) is 8.42 Å². The first-order valence-corrected chi connectivity index (χ1v) is 4.42. The van der Waals surface area contributed by atoms with Crippen LogP contribution >= 0.6 is 0 Å². The van der Waals surface area contributed by atoms with Crippen LogP contribution in [0.4, 0.5) is 0 Å². The van der Waals surface area contributed by atoms with Crippen molar-refractivity contribution in [3.8, 4) is 0 Å². The highest BCUT2D eigenvalue weighted by atomic mass is 32.3. The Kier molecular flexibility index (Phi) is 7.26. The van der Waals surface area contributed by atoms with Crippen molar-refractivity contribution in [1.29, 1.82) is 0 Å². The summed E-state index contributed by atoms with van der Waals surface area (Å²) < 4.78 is 31.0. The van der Waals surface area contributed by atoms with Crippen molar-refractivity contribution in [3.63, 3.8) is 0 Å². The van der Waals surface area contributed by atoms with E-state index in [0.717, 1.165) is 7.11 Å². The van der Waals surface area contributed by atoms with Crippen molar-refractivity contribution in [2.45, 2.75) is 5.97 Å². The van der Waals surface area contributed by atoms with Gasteiger partial charge in [-0.1, -0.05) is 0 Å². The van der Waals surface area contributed by atoms with E-state index < -0.39 is 16.4 Å². The van der Waals surface area contributed by atoms with Gasteiger partial charge in [-0.3, -0.25) is 4.18 Å². The van der Waals surface area contributed by atoms with E-state index in [1.54, 1.807) is 7.05 Å². The number of aliphatic hydroxyl groups is 3. The van der Waals surface area contributed by atoms with Crippen LogP contribution in [0.25, 0.3) is 0 Å². The largest absolute Gasteiger partial charge is 0.726 e. The highest BCUT2D eigenvalue weighted by Crippen LogP contribution is 1.81. The van der Waals surface area contributed by atoms with Gasteiger partial charge < -0.3 is 25.2 Å². The summed E-state index contributed by atoms with van der Waals surface area (Å²) in [6.45, 7) is -0.118. The lowest BCUT2D eigenvalue weighted by Gasteiger charge is -2.08. The third-order valence-electron chi connectivity index (χ3n) is 0.682. The Morgan fingerprint density at radius 2 is 1.77 bits per heavy atom. The number of hydrogen-bond donors (Lipinski definition) is 4. The molecule has 82 valence electrons. The molecule has 8 nitrogen and oxygen atoms in total. The zero-order chi connectivity index (χ0) is 11.1. The number of rotatable bonds is 3. The van der Waals surface area contributed by atoms with Crippen molar-refractivity contribution in [3.05, 3.63) is 0 Å². The van der Waals surface area contributed by atoms with Crippen molar-refractivity contribution in [2.24, 2.45) is 0 Å². The van der Waals surface area contributed by atoms with Gasteiger partial charge in [0.05, 0.1) is 14.2 Å². The number of likely N-dealkylation sites (N-methyl/N-ethyl adjacent to an activating group) is 1. The molecule has 0 bridgehead atoms. The molecule has 0 unspecified atom stereocenters. The van der Waals surface area contributed by atoms with E-state index in [1.807, 2.05) is 0 Å². The highest BCUT2D eigenvalue weighted by Gasteiger charge is 2.18. The molecule has 0 saturated heterocycles. The van der Waals surface area contributed by atoms with E-state index in [-0.39, 0.29) is 6.54 Å². The summed E-state index contributed by atoms with van der Waals surface area (Å²) in [5.41, 5.74) is 0. The summed E-state index contributed by atoms with van der Waals surface area (Å²) in [5, 5.41) is 25.8. The average Bonchev–Trinajstić information content (AvgIpc) is 1.84. The molecule has 0 heterocycles. The molecule has 13 heavy (non-hydrogen) atoms. The summed E-state index contributed by atoms with van der Waals surface area (Å²) in [7, 11) is -1.98. The normalized spacial score (nSPS) is 11.8. The smallest absolute Gasteiger partial charge is 0.327 e. The molecule has 0 fully saturated rings. The van der Waals surface area contributed by atoms with Gasteiger partial charge in [0.15, 0.2) is 6.54 Å². The Hall–Kier alpha value is -0.290. The summed E-state index contributed by atoms with van der Waals surface area (Å²) >= 11 is 0. The Morgan fingerprint density at radius 1 is 1.46 bits per heavy atom. The monoisotopic (exact) mass is 219 g/mol. The summed E-state index contributed by atoms with van der Waals surface area (Å²) in [6.07, 6.45) is 0. The molecule has 0 aliphatic carbocycles. The minimum atomic E-state index is -4.41. The second-order valence-corrected chi connectivity index (χ2v) is 3.11. The lowest BCUT2D eigenvalue weighted by atomic mass is 10.6. The number of nitrogens with two attached hydrogens (primary N) is 1. The zero-order valence-corrected chi connectivity index (χ0v) is 7.98. The first-order valence-electron chi connectivity index (χ1n) is 3.08. The predicted molar refractivity (Wildman–Crippen MR) is 38.8 cm³/mol. The lowest BCUT2D eigenvalue weighted by Crippen LogP contribution is -2.84. The van der Waals surface area contributed by atoms with Gasteiger partial charge in [-0.05, 0) is 0 Å². The fourth-order valence-corrected chi connectivity index (χ4v) is 0.274. The molecule has 0 radical (unpaired) electrons. The molecule has 0 atom stereocenters. The Labute approximate surface area is 75.7 Å². The van der Waals surface area contributed by atoms with Gasteiger partial charge >= 0.3 is 5.97 Å². The average molecular weight is 219 g/mol. The van der Waals surface area contributed by atoms with Crippen molar-refractivity contribution in [2.75, 3.05) is 20.7 Å². The molecule has 0 aromatic rings. The van der Waals surface area contributed by atoms with Crippen molar-refractivity contribution in [1.82, 2.24) is 0 Å². The van der Waals surface area contributed by atoms with Gasteiger partial charge in [-0.2, -0.15) is 0 Å². The summed E-state index contributed by atoms with van der Waals surface area (Å²) in [4.78, 5) is 0. The molecule has 0 aliphatic rings. The highest BCUT2D eigenvalue weighted by molar-refractivity contribution is 7.80. The van der Waals surface area contributed by atoms with Crippen LogP contribution in [0.3, 0.4) is 0 Å². The molecule has 9 heteroatoms. The minimum absolute atomic E-state index is 0.118. The van der Waals surface area contributed by atoms with E-state index in [9.17, 15) is 13.0 Å². The Balaban J connectivity index is 0. The van der Waals surface area contributed by atoms with Gasteiger partial charge in [0.2, 0.25) is 10.4 Å². The third kappa shape index (κ3) is 24.5.